The molecule has 0 aromatic carbocycles. The van der Waals surface area contributed by atoms with Gasteiger partial charge < -0.3 is 14.2 Å². The Balaban J connectivity index is 1.70. The molecule has 1 amide bonds. The molecule has 7 nitrogen and oxygen atoms in total. The molecule has 0 unspecified atom stereocenters. The molecule has 2 fully saturated rings. The van der Waals surface area contributed by atoms with Crippen molar-refractivity contribution < 1.29 is 14.1 Å². The summed E-state index contributed by atoms with van der Waals surface area (Å²) in [5.41, 5.74) is 0. The van der Waals surface area contributed by atoms with Crippen LogP contribution in [0.25, 0.3) is 0 Å². The van der Waals surface area contributed by atoms with Crippen molar-refractivity contribution >= 4 is 5.91 Å². The van der Waals surface area contributed by atoms with E-state index in [2.05, 4.69) is 15.0 Å². The highest BCUT2D eigenvalue weighted by Crippen LogP contribution is 2.25. The lowest BCUT2D eigenvalue weighted by Gasteiger charge is -2.26. The summed E-state index contributed by atoms with van der Waals surface area (Å²) in [7, 11) is 1.71. The number of carbonyl (C=O) groups is 1. The molecule has 0 N–H and O–H groups in total. The summed E-state index contributed by atoms with van der Waals surface area (Å²) in [6.07, 6.45) is 3.03. The van der Waals surface area contributed by atoms with Crippen LogP contribution in [0.2, 0.25) is 0 Å². The highest BCUT2D eigenvalue weighted by Gasteiger charge is 2.40. The number of methoxy groups -OCH3 is 1. The number of rotatable bonds is 5. The number of hydrogen-bond donors (Lipinski definition) is 0. The van der Waals surface area contributed by atoms with E-state index in [1.807, 2.05) is 18.7 Å². The molecule has 0 bridgehead atoms. The van der Waals surface area contributed by atoms with Gasteiger partial charge in [0.2, 0.25) is 11.8 Å². The summed E-state index contributed by atoms with van der Waals surface area (Å²) in [5.74, 6) is 1.72. The first-order valence-electron chi connectivity index (χ1n) is 8.46. The molecule has 1 aromatic heterocycles. The smallest absolute Gasteiger partial charge is 0.240 e. The third-order valence-corrected chi connectivity index (χ3v) is 4.72. The van der Waals surface area contributed by atoms with Gasteiger partial charge in [-0.05, 0) is 19.3 Å². The third-order valence-electron chi connectivity index (χ3n) is 4.72. The average Bonchev–Trinajstić information content (AvgIpc) is 3.27. The normalized spacial score (nSPS) is 25.7. The van der Waals surface area contributed by atoms with Crippen molar-refractivity contribution in [2.75, 3.05) is 26.7 Å². The molecule has 2 atom stereocenters. The van der Waals surface area contributed by atoms with E-state index in [-0.39, 0.29) is 24.0 Å². The molecule has 3 heterocycles. The van der Waals surface area contributed by atoms with Gasteiger partial charge in [-0.25, -0.2) is 0 Å². The van der Waals surface area contributed by atoms with Gasteiger partial charge in [-0.3, -0.25) is 9.69 Å². The average molecular weight is 322 g/mol. The monoisotopic (exact) mass is 322 g/mol. The molecule has 3 rings (SSSR count). The Morgan fingerprint density at radius 2 is 2.13 bits per heavy atom. The van der Waals surface area contributed by atoms with E-state index in [1.165, 1.54) is 0 Å². The molecule has 0 spiro atoms. The maximum atomic E-state index is 12.8. The highest BCUT2D eigenvalue weighted by molar-refractivity contribution is 5.82. The van der Waals surface area contributed by atoms with E-state index >= 15 is 0 Å². The van der Waals surface area contributed by atoms with Crippen LogP contribution in [0.3, 0.4) is 0 Å². The van der Waals surface area contributed by atoms with E-state index < -0.39 is 0 Å². The molecule has 0 saturated carbocycles. The van der Waals surface area contributed by atoms with Crippen LogP contribution in [0.15, 0.2) is 4.52 Å². The largest absolute Gasteiger partial charge is 0.380 e. The van der Waals surface area contributed by atoms with Gasteiger partial charge >= 0.3 is 0 Å². The molecule has 2 aliphatic heterocycles. The molecular formula is C16H26N4O3. The third kappa shape index (κ3) is 3.55. The number of aromatic nitrogens is 2. The van der Waals surface area contributed by atoms with Crippen molar-refractivity contribution in [1.29, 1.82) is 0 Å². The van der Waals surface area contributed by atoms with Crippen LogP contribution in [0.5, 0.6) is 0 Å². The molecule has 0 radical (unpaired) electrons. The predicted octanol–water partition coefficient (Wildman–Crippen LogP) is 1.40. The van der Waals surface area contributed by atoms with E-state index in [0.717, 1.165) is 38.9 Å². The molecule has 2 aliphatic rings. The number of carbonyl (C=O) groups excluding carboxylic acids is 1. The van der Waals surface area contributed by atoms with Crippen LogP contribution < -0.4 is 0 Å². The fourth-order valence-electron chi connectivity index (χ4n) is 3.36. The van der Waals surface area contributed by atoms with Crippen molar-refractivity contribution in [1.82, 2.24) is 19.9 Å². The van der Waals surface area contributed by atoms with Gasteiger partial charge in [-0.1, -0.05) is 19.0 Å². The minimum absolute atomic E-state index is 0.0861. The van der Waals surface area contributed by atoms with Gasteiger partial charge in [0.1, 0.15) is 0 Å². The Labute approximate surface area is 137 Å². The Morgan fingerprint density at radius 1 is 1.39 bits per heavy atom. The predicted molar refractivity (Wildman–Crippen MR) is 83.8 cm³/mol. The maximum Gasteiger partial charge on any atom is 0.240 e. The zero-order valence-electron chi connectivity index (χ0n) is 14.2. The quantitative estimate of drug-likeness (QED) is 0.816. The summed E-state index contributed by atoms with van der Waals surface area (Å²) < 4.78 is 10.8. The minimum atomic E-state index is -0.140. The molecule has 0 aliphatic carbocycles. The summed E-state index contributed by atoms with van der Waals surface area (Å²) in [5, 5.41) is 4.05. The van der Waals surface area contributed by atoms with E-state index in [1.54, 1.807) is 7.11 Å². The molecule has 2 saturated heterocycles. The van der Waals surface area contributed by atoms with Crippen molar-refractivity contribution in [3.63, 3.8) is 0 Å². The van der Waals surface area contributed by atoms with E-state index in [0.29, 0.717) is 18.3 Å². The Bertz CT molecular complexity index is 539. The van der Waals surface area contributed by atoms with Crippen LogP contribution in [-0.2, 0) is 16.1 Å². The Hall–Kier alpha value is -1.47. The SMILES string of the molecule is CO[C@H]1C[C@@H](C(=O)N2CCCC2)N(Cc2noc(C(C)C)n2)C1. The highest BCUT2D eigenvalue weighted by atomic mass is 16.5. The second-order valence-corrected chi connectivity index (χ2v) is 6.77. The summed E-state index contributed by atoms with van der Waals surface area (Å²) in [4.78, 5) is 21.3. The van der Waals surface area contributed by atoms with Crippen molar-refractivity contribution in [2.24, 2.45) is 0 Å². The van der Waals surface area contributed by atoms with Crippen LogP contribution in [0.4, 0.5) is 0 Å². The number of hydrogen-bond acceptors (Lipinski definition) is 6. The van der Waals surface area contributed by atoms with Gasteiger partial charge in [-0.2, -0.15) is 4.98 Å². The second kappa shape index (κ2) is 6.97. The Kier molecular flexibility index (Phi) is 4.96. The first kappa shape index (κ1) is 16.4. The number of likely N-dealkylation sites (tertiary alicyclic amines) is 2. The van der Waals surface area contributed by atoms with E-state index in [4.69, 9.17) is 9.26 Å². The van der Waals surface area contributed by atoms with Gasteiger partial charge in [0.05, 0.1) is 18.7 Å². The fraction of sp³-hybridized carbons (Fsp3) is 0.812. The molecule has 128 valence electrons. The van der Waals surface area contributed by atoms with Crippen molar-refractivity contribution in [3.8, 4) is 0 Å². The summed E-state index contributed by atoms with van der Waals surface area (Å²) in [6.45, 7) is 7.05. The molecule has 23 heavy (non-hydrogen) atoms. The first-order chi connectivity index (χ1) is 11.1. The first-order valence-corrected chi connectivity index (χ1v) is 8.46. The van der Waals surface area contributed by atoms with Crippen LogP contribution in [0.1, 0.15) is 50.7 Å². The lowest BCUT2D eigenvalue weighted by Crippen LogP contribution is -2.44. The summed E-state index contributed by atoms with van der Waals surface area (Å²) >= 11 is 0. The summed E-state index contributed by atoms with van der Waals surface area (Å²) in [6, 6.07) is -0.140. The minimum Gasteiger partial charge on any atom is -0.380 e. The Morgan fingerprint density at radius 3 is 2.74 bits per heavy atom. The standard InChI is InChI=1S/C16H26N4O3/c1-11(2)15-17-14(18-23-15)10-20-9-12(22-3)8-13(20)16(21)19-6-4-5-7-19/h11-13H,4-10H2,1-3H3/t12-,13-/m0/s1. The van der Waals surface area contributed by atoms with Gasteiger partial charge in [-0.15, -0.1) is 0 Å². The van der Waals surface area contributed by atoms with Crippen LogP contribution >= 0.6 is 0 Å². The van der Waals surface area contributed by atoms with Gasteiger partial charge in [0.15, 0.2) is 5.82 Å². The van der Waals surface area contributed by atoms with Gasteiger partial charge in [0.25, 0.3) is 0 Å². The topological polar surface area (TPSA) is 71.7 Å². The lowest BCUT2D eigenvalue weighted by atomic mass is 10.1. The molecule has 7 heteroatoms. The fourth-order valence-corrected chi connectivity index (χ4v) is 3.36. The number of nitrogens with zero attached hydrogens (tertiary/aromatic N) is 4. The van der Waals surface area contributed by atoms with Crippen LogP contribution in [-0.4, -0.2) is 64.7 Å². The lowest BCUT2D eigenvalue weighted by molar-refractivity contribution is -0.135. The van der Waals surface area contributed by atoms with Crippen LogP contribution in [0, 0.1) is 0 Å². The zero-order chi connectivity index (χ0) is 16.4. The molecule has 1 aromatic rings. The zero-order valence-corrected chi connectivity index (χ0v) is 14.2. The number of ether oxygens (including phenoxy) is 1. The second-order valence-electron chi connectivity index (χ2n) is 6.77. The number of amides is 1. The van der Waals surface area contributed by atoms with Gasteiger partial charge in [0, 0.05) is 32.7 Å². The molecular weight excluding hydrogens is 296 g/mol. The van der Waals surface area contributed by atoms with Crippen molar-refractivity contribution in [3.05, 3.63) is 11.7 Å². The van der Waals surface area contributed by atoms with E-state index in [9.17, 15) is 4.79 Å². The van der Waals surface area contributed by atoms with Crippen molar-refractivity contribution in [2.45, 2.75) is 57.7 Å². The maximum absolute atomic E-state index is 12.8.